The smallest absolute Gasteiger partial charge is 0.141 e. The highest BCUT2D eigenvalue weighted by Crippen LogP contribution is 2.20. The molecule has 1 aromatic carbocycles. The summed E-state index contributed by atoms with van der Waals surface area (Å²) in [5, 5.41) is 10.3. The Hall–Kier alpha value is -1.90. The van der Waals surface area contributed by atoms with Gasteiger partial charge >= 0.3 is 0 Å². The lowest BCUT2D eigenvalue weighted by molar-refractivity contribution is -0.120. The molecule has 0 bridgehead atoms. The van der Waals surface area contributed by atoms with E-state index in [2.05, 4.69) is 4.98 Å². The van der Waals surface area contributed by atoms with E-state index < -0.39 is 0 Å². The zero-order valence-electron chi connectivity index (χ0n) is 10.3. The number of pyridine rings is 1. The summed E-state index contributed by atoms with van der Waals surface area (Å²) in [4.78, 5) is 14.5. The van der Waals surface area contributed by atoms with Crippen molar-refractivity contribution in [3.8, 4) is 5.75 Å². The third-order valence-corrected chi connectivity index (χ3v) is 3.02. The molecule has 1 heterocycles. The van der Waals surface area contributed by atoms with E-state index in [-0.39, 0.29) is 5.75 Å². The number of phenols is 1. The molecule has 3 heteroatoms. The number of fused-ring (bicyclic) bond motifs is 1. The summed E-state index contributed by atoms with van der Waals surface area (Å²) in [5.74, 6) is 0.703. The molecule has 0 saturated heterocycles. The average Bonchev–Trinajstić information content (AvgIpc) is 2.41. The van der Waals surface area contributed by atoms with Gasteiger partial charge in [0.1, 0.15) is 17.0 Å². The van der Waals surface area contributed by atoms with Crippen molar-refractivity contribution < 1.29 is 9.90 Å². The number of nitrogens with zero attached hydrogens (tertiary/aromatic N) is 1. The van der Waals surface area contributed by atoms with Gasteiger partial charge in [0, 0.05) is 24.4 Å². The van der Waals surface area contributed by atoms with Crippen LogP contribution in [0.25, 0.3) is 10.9 Å². The lowest BCUT2D eigenvalue weighted by atomic mass is 10.00. The molecule has 1 aromatic heterocycles. The van der Waals surface area contributed by atoms with E-state index in [9.17, 15) is 9.90 Å². The van der Waals surface area contributed by atoms with Gasteiger partial charge in [-0.2, -0.15) is 0 Å². The zero-order chi connectivity index (χ0) is 12.8. The van der Waals surface area contributed by atoms with Crippen molar-refractivity contribution in [3.05, 3.63) is 36.5 Å². The molecule has 1 aliphatic rings. The summed E-state index contributed by atoms with van der Waals surface area (Å²) < 4.78 is 0. The molecule has 94 valence electrons. The van der Waals surface area contributed by atoms with Gasteiger partial charge in [-0.3, -0.25) is 9.78 Å². The Bertz CT molecular complexity index is 524. The number of para-hydroxylation sites is 1. The Morgan fingerprint density at radius 2 is 1.72 bits per heavy atom. The van der Waals surface area contributed by atoms with Crippen LogP contribution in [0, 0.1) is 0 Å². The van der Waals surface area contributed by atoms with Gasteiger partial charge in [-0.25, -0.2) is 0 Å². The van der Waals surface area contributed by atoms with Crippen molar-refractivity contribution in [2.75, 3.05) is 0 Å². The van der Waals surface area contributed by atoms with E-state index >= 15 is 0 Å². The van der Waals surface area contributed by atoms with E-state index in [4.69, 9.17) is 0 Å². The van der Waals surface area contributed by atoms with Crippen LogP contribution in [0.3, 0.4) is 0 Å². The third-order valence-electron chi connectivity index (χ3n) is 3.02. The first-order valence-corrected chi connectivity index (χ1v) is 6.32. The van der Waals surface area contributed by atoms with Crippen LogP contribution >= 0.6 is 0 Å². The van der Waals surface area contributed by atoms with Crippen molar-refractivity contribution >= 4 is 16.7 Å². The molecule has 0 spiro atoms. The summed E-state index contributed by atoms with van der Waals surface area (Å²) in [6.45, 7) is 0. The molecule has 1 aliphatic carbocycles. The van der Waals surface area contributed by atoms with Crippen molar-refractivity contribution in [3.63, 3.8) is 0 Å². The minimum absolute atomic E-state index is 0.239. The topological polar surface area (TPSA) is 50.2 Å². The van der Waals surface area contributed by atoms with E-state index in [1.165, 1.54) is 6.42 Å². The Morgan fingerprint density at radius 1 is 1.00 bits per heavy atom. The highest BCUT2D eigenvalue weighted by atomic mass is 16.3. The molecule has 1 N–H and O–H groups in total. The van der Waals surface area contributed by atoms with Crippen molar-refractivity contribution in [2.45, 2.75) is 32.1 Å². The quantitative estimate of drug-likeness (QED) is 0.770. The van der Waals surface area contributed by atoms with Crippen LogP contribution in [0.15, 0.2) is 36.5 Å². The molecular weight excluding hydrogens is 226 g/mol. The number of aromatic hydroxyl groups is 1. The standard InChI is InChI=1S/C9H7NO.C6H10O/c11-8-5-1-3-7-4-2-6-10-9(7)8;7-6-4-2-1-3-5-6/h1-6,11H;1-5H2. The number of Topliss-reactive ketones (excluding diaryl/α,β-unsaturated/α-hetero) is 1. The largest absolute Gasteiger partial charge is 0.506 e. The number of carbonyl (C=O) groups excluding carboxylic acids is 1. The Kier molecular flexibility index (Phi) is 4.29. The maximum Gasteiger partial charge on any atom is 0.141 e. The molecule has 0 amide bonds. The molecule has 1 fully saturated rings. The third kappa shape index (κ3) is 3.29. The number of carbonyl (C=O) groups is 1. The van der Waals surface area contributed by atoms with Gasteiger partial charge < -0.3 is 5.11 Å². The lowest BCUT2D eigenvalue weighted by Gasteiger charge is -2.05. The predicted molar refractivity (Wildman–Crippen MR) is 71.5 cm³/mol. The number of aromatic nitrogens is 1. The molecule has 0 atom stereocenters. The number of ketones is 1. The summed E-state index contributed by atoms with van der Waals surface area (Å²) in [6.07, 6.45) is 6.91. The van der Waals surface area contributed by atoms with Crippen molar-refractivity contribution in [1.29, 1.82) is 0 Å². The van der Waals surface area contributed by atoms with Gasteiger partial charge in [-0.05, 0) is 25.0 Å². The number of hydrogen-bond donors (Lipinski definition) is 1. The van der Waals surface area contributed by atoms with Crippen molar-refractivity contribution in [2.24, 2.45) is 0 Å². The van der Waals surface area contributed by atoms with Crippen LogP contribution in [0.1, 0.15) is 32.1 Å². The Morgan fingerprint density at radius 3 is 2.33 bits per heavy atom. The number of hydrogen-bond acceptors (Lipinski definition) is 3. The molecule has 2 aromatic rings. The zero-order valence-corrected chi connectivity index (χ0v) is 10.3. The normalized spacial score (nSPS) is 15.0. The van der Waals surface area contributed by atoms with E-state index in [1.807, 2.05) is 18.2 Å². The molecule has 18 heavy (non-hydrogen) atoms. The summed E-state index contributed by atoms with van der Waals surface area (Å²) in [6, 6.07) is 9.13. The van der Waals surface area contributed by atoms with Crippen LogP contribution in [-0.4, -0.2) is 15.9 Å². The molecular formula is C15H17NO2. The summed E-state index contributed by atoms with van der Waals surface area (Å²) in [5.41, 5.74) is 0.662. The molecule has 0 unspecified atom stereocenters. The molecule has 0 aliphatic heterocycles. The van der Waals surface area contributed by atoms with Crippen LogP contribution in [0.5, 0.6) is 5.75 Å². The second kappa shape index (κ2) is 6.15. The van der Waals surface area contributed by atoms with E-state index in [0.717, 1.165) is 31.1 Å². The fourth-order valence-corrected chi connectivity index (χ4v) is 2.03. The minimum atomic E-state index is 0.239. The highest BCUT2D eigenvalue weighted by molar-refractivity contribution is 5.83. The SMILES string of the molecule is O=C1CCCCC1.Oc1cccc2cccnc12. The van der Waals surface area contributed by atoms with Crippen LogP contribution < -0.4 is 0 Å². The first-order valence-electron chi connectivity index (χ1n) is 6.32. The van der Waals surface area contributed by atoms with Gasteiger partial charge in [0.15, 0.2) is 0 Å². The lowest BCUT2D eigenvalue weighted by Crippen LogP contribution is -2.02. The van der Waals surface area contributed by atoms with Gasteiger partial charge in [-0.15, -0.1) is 0 Å². The summed E-state index contributed by atoms with van der Waals surface area (Å²) >= 11 is 0. The summed E-state index contributed by atoms with van der Waals surface area (Å²) in [7, 11) is 0. The highest BCUT2D eigenvalue weighted by Gasteiger charge is 2.05. The Labute approximate surface area is 106 Å². The molecule has 3 rings (SSSR count). The first kappa shape index (κ1) is 12.6. The van der Waals surface area contributed by atoms with Crippen LogP contribution in [0.4, 0.5) is 0 Å². The monoisotopic (exact) mass is 243 g/mol. The second-order valence-electron chi connectivity index (χ2n) is 4.45. The maximum atomic E-state index is 10.5. The van der Waals surface area contributed by atoms with Gasteiger partial charge in [0.05, 0.1) is 0 Å². The Balaban J connectivity index is 0.000000149. The number of phenolic OH excluding ortho intramolecular Hbond substituents is 1. The maximum absolute atomic E-state index is 10.5. The molecule has 0 radical (unpaired) electrons. The fourth-order valence-electron chi connectivity index (χ4n) is 2.03. The van der Waals surface area contributed by atoms with Crippen molar-refractivity contribution in [1.82, 2.24) is 4.98 Å². The second-order valence-corrected chi connectivity index (χ2v) is 4.45. The average molecular weight is 243 g/mol. The predicted octanol–water partition coefficient (Wildman–Crippen LogP) is 3.46. The first-order chi connectivity index (χ1) is 8.77. The van der Waals surface area contributed by atoms with Gasteiger partial charge in [0.2, 0.25) is 0 Å². The minimum Gasteiger partial charge on any atom is -0.506 e. The van der Waals surface area contributed by atoms with Gasteiger partial charge in [0.25, 0.3) is 0 Å². The van der Waals surface area contributed by atoms with E-state index in [0.29, 0.717) is 11.3 Å². The number of benzene rings is 1. The number of rotatable bonds is 0. The van der Waals surface area contributed by atoms with Crippen LogP contribution in [0.2, 0.25) is 0 Å². The van der Waals surface area contributed by atoms with E-state index in [1.54, 1.807) is 18.3 Å². The van der Waals surface area contributed by atoms with Gasteiger partial charge in [-0.1, -0.05) is 24.6 Å². The fraction of sp³-hybridized carbons (Fsp3) is 0.333. The molecule has 3 nitrogen and oxygen atoms in total. The van der Waals surface area contributed by atoms with Crippen LogP contribution in [-0.2, 0) is 4.79 Å². The molecule has 1 saturated carbocycles.